The zero-order valence-electron chi connectivity index (χ0n) is 17.0. The zero-order chi connectivity index (χ0) is 22.3. The Morgan fingerprint density at radius 2 is 1.77 bits per heavy atom. The monoisotopic (exact) mass is 436 g/mol. The van der Waals surface area contributed by atoms with E-state index in [1.807, 2.05) is 31.2 Å². The summed E-state index contributed by atoms with van der Waals surface area (Å²) in [5.41, 5.74) is 0.815. The minimum Gasteiger partial charge on any atom is -0.495 e. The van der Waals surface area contributed by atoms with Gasteiger partial charge in [-0.05, 0) is 42.8 Å². The number of esters is 1. The maximum absolute atomic E-state index is 12.3. The average molecular weight is 436 g/mol. The van der Waals surface area contributed by atoms with E-state index in [1.165, 1.54) is 24.1 Å². The van der Waals surface area contributed by atoms with Crippen molar-refractivity contribution in [3.05, 3.63) is 53.6 Å². The SMILES string of the molecule is CCOc1ccc(CN(C)C(=O)COC(=O)c2ccc(OC)c(S(N)(=O)=O)c2)cc1. The van der Waals surface area contributed by atoms with Crippen LogP contribution in [0.5, 0.6) is 11.5 Å². The van der Waals surface area contributed by atoms with Crippen molar-refractivity contribution in [1.82, 2.24) is 4.90 Å². The molecule has 0 bridgehead atoms. The lowest BCUT2D eigenvalue weighted by Crippen LogP contribution is -2.30. The number of rotatable bonds is 9. The van der Waals surface area contributed by atoms with Crippen molar-refractivity contribution < 1.29 is 32.2 Å². The second kappa shape index (κ2) is 10.1. The number of hydrogen-bond donors (Lipinski definition) is 1. The molecule has 30 heavy (non-hydrogen) atoms. The normalized spacial score (nSPS) is 10.9. The van der Waals surface area contributed by atoms with Gasteiger partial charge in [0.05, 0.1) is 19.3 Å². The number of nitrogens with two attached hydrogens (primary N) is 1. The molecule has 0 aliphatic rings. The van der Waals surface area contributed by atoms with Gasteiger partial charge in [0.2, 0.25) is 10.0 Å². The van der Waals surface area contributed by atoms with Gasteiger partial charge in [0.15, 0.2) is 6.61 Å². The van der Waals surface area contributed by atoms with E-state index in [0.29, 0.717) is 13.2 Å². The summed E-state index contributed by atoms with van der Waals surface area (Å²) in [7, 11) is -1.24. The van der Waals surface area contributed by atoms with Crippen LogP contribution in [0.25, 0.3) is 0 Å². The Hall–Kier alpha value is -3.11. The predicted molar refractivity (Wildman–Crippen MR) is 109 cm³/mol. The predicted octanol–water partition coefficient (Wildman–Crippen LogP) is 1.56. The molecule has 2 N–H and O–H groups in total. The maximum Gasteiger partial charge on any atom is 0.338 e. The zero-order valence-corrected chi connectivity index (χ0v) is 17.8. The van der Waals surface area contributed by atoms with Crippen LogP contribution in [-0.2, 0) is 26.1 Å². The number of likely N-dealkylation sites (N-methyl/N-ethyl adjacent to an activating group) is 1. The third-order valence-electron chi connectivity index (χ3n) is 4.11. The van der Waals surface area contributed by atoms with Crippen LogP contribution in [0.4, 0.5) is 0 Å². The van der Waals surface area contributed by atoms with Gasteiger partial charge in [-0.2, -0.15) is 0 Å². The van der Waals surface area contributed by atoms with Crippen LogP contribution in [0.3, 0.4) is 0 Å². The molecule has 2 aromatic rings. The Morgan fingerprint density at radius 1 is 1.10 bits per heavy atom. The first kappa shape index (κ1) is 23.2. The largest absolute Gasteiger partial charge is 0.495 e. The summed E-state index contributed by atoms with van der Waals surface area (Å²) < 4.78 is 38.6. The van der Waals surface area contributed by atoms with Crippen LogP contribution >= 0.6 is 0 Å². The minimum atomic E-state index is -4.10. The van der Waals surface area contributed by atoms with Crippen LogP contribution in [0.1, 0.15) is 22.8 Å². The van der Waals surface area contributed by atoms with Gasteiger partial charge >= 0.3 is 5.97 Å². The third-order valence-corrected chi connectivity index (χ3v) is 5.04. The minimum absolute atomic E-state index is 0.000199. The Bertz CT molecular complexity index is 1000. The Labute approximate surface area is 175 Å². The Morgan fingerprint density at radius 3 is 2.33 bits per heavy atom. The van der Waals surface area contributed by atoms with Gasteiger partial charge in [-0.25, -0.2) is 18.4 Å². The smallest absolute Gasteiger partial charge is 0.338 e. The lowest BCUT2D eigenvalue weighted by molar-refractivity contribution is -0.133. The fourth-order valence-corrected chi connectivity index (χ4v) is 3.29. The number of sulfonamides is 1. The van der Waals surface area contributed by atoms with E-state index in [4.69, 9.17) is 19.3 Å². The number of nitrogens with zero attached hydrogens (tertiary/aromatic N) is 1. The summed E-state index contributed by atoms with van der Waals surface area (Å²) >= 11 is 0. The van der Waals surface area contributed by atoms with Crippen molar-refractivity contribution in [2.45, 2.75) is 18.4 Å². The molecule has 0 aliphatic heterocycles. The van der Waals surface area contributed by atoms with E-state index in [9.17, 15) is 18.0 Å². The van der Waals surface area contributed by atoms with E-state index < -0.39 is 28.5 Å². The van der Waals surface area contributed by atoms with Crippen molar-refractivity contribution in [3.8, 4) is 11.5 Å². The molecule has 2 rings (SSSR count). The highest BCUT2D eigenvalue weighted by Crippen LogP contribution is 2.24. The number of amides is 1. The molecule has 0 spiro atoms. The molecule has 1 amide bonds. The van der Waals surface area contributed by atoms with Crippen LogP contribution in [0.15, 0.2) is 47.4 Å². The number of benzene rings is 2. The molecule has 0 aromatic heterocycles. The van der Waals surface area contributed by atoms with Crippen molar-refractivity contribution in [2.75, 3.05) is 27.4 Å². The number of carbonyl (C=O) groups excluding carboxylic acids is 2. The lowest BCUT2D eigenvalue weighted by atomic mass is 10.2. The van der Waals surface area contributed by atoms with Gasteiger partial charge in [0, 0.05) is 13.6 Å². The fraction of sp³-hybridized carbons (Fsp3) is 0.300. The lowest BCUT2D eigenvalue weighted by Gasteiger charge is -2.17. The molecule has 0 heterocycles. The molecule has 0 aliphatic carbocycles. The molecule has 0 fully saturated rings. The third kappa shape index (κ3) is 6.19. The number of methoxy groups -OCH3 is 1. The molecular weight excluding hydrogens is 412 g/mol. The summed E-state index contributed by atoms with van der Waals surface area (Å²) in [4.78, 5) is 25.6. The van der Waals surface area contributed by atoms with Gasteiger partial charge in [0.1, 0.15) is 16.4 Å². The van der Waals surface area contributed by atoms with Crippen molar-refractivity contribution in [2.24, 2.45) is 5.14 Å². The first-order valence-corrected chi connectivity index (χ1v) is 10.5. The number of ether oxygens (including phenoxy) is 3. The van der Waals surface area contributed by atoms with Crippen molar-refractivity contribution >= 4 is 21.9 Å². The quantitative estimate of drug-likeness (QED) is 0.591. The van der Waals surface area contributed by atoms with Crippen molar-refractivity contribution in [1.29, 1.82) is 0 Å². The van der Waals surface area contributed by atoms with Gasteiger partial charge in [-0.3, -0.25) is 4.79 Å². The average Bonchev–Trinajstić information content (AvgIpc) is 2.72. The van der Waals surface area contributed by atoms with Crippen LogP contribution in [0, 0.1) is 0 Å². The van der Waals surface area contributed by atoms with E-state index in [1.54, 1.807) is 7.05 Å². The van der Waals surface area contributed by atoms with E-state index in [0.717, 1.165) is 17.4 Å². The Kier molecular flexibility index (Phi) is 7.79. The standard InChI is InChI=1S/C20H24N2O7S/c1-4-28-16-8-5-14(6-9-16)12-22(2)19(23)13-29-20(24)15-7-10-17(27-3)18(11-15)30(21,25)26/h5-11H,4,12-13H2,1-3H3,(H2,21,25,26). The summed E-state index contributed by atoms with van der Waals surface area (Å²) in [5.74, 6) is -0.537. The summed E-state index contributed by atoms with van der Waals surface area (Å²) in [6.45, 7) is 2.28. The molecule has 2 aromatic carbocycles. The fourth-order valence-electron chi connectivity index (χ4n) is 2.57. The molecule has 0 atom stereocenters. The molecule has 0 unspecified atom stereocenters. The molecule has 0 radical (unpaired) electrons. The summed E-state index contributed by atoms with van der Waals surface area (Å²) in [6, 6.07) is 11.0. The first-order chi connectivity index (χ1) is 14.2. The van der Waals surface area contributed by atoms with Crippen LogP contribution < -0.4 is 14.6 Å². The van der Waals surface area contributed by atoms with Gasteiger partial charge in [-0.15, -0.1) is 0 Å². The van der Waals surface area contributed by atoms with Crippen LogP contribution in [0.2, 0.25) is 0 Å². The van der Waals surface area contributed by atoms with Gasteiger partial charge in [0.25, 0.3) is 5.91 Å². The highest BCUT2D eigenvalue weighted by molar-refractivity contribution is 7.89. The van der Waals surface area contributed by atoms with Crippen LogP contribution in [-0.4, -0.2) is 52.6 Å². The first-order valence-electron chi connectivity index (χ1n) is 8.99. The van der Waals surface area contributed by atoms with E-state index in [2.05, 4.69) is 0 Å². The Balaban J connectivity index is 1.97. The number of carbonyl (C=O) groups is 2. The topological polar surface area (TPSA) is 125 Å². The molecule has 10 heteroatoms. The molecule has 0 saturated heterocycles. The number of primary sulfonamides is 1. The highest BCUT2D eigenvalue weighted by Gasteiger charge is 2.20. The van der Waals surface area contributed by atoms with Gasteiger partial charge in [-0.1, -0.05) is 12.1 Å². The van der Waals surface area contributed by atoms with Gasteiger partial charge < -0.3 is 19.1 Å². The molecule has 162 valence electrons. The summed E-state index contributed by atoms with van der Waals surface area (Å²) in [6.07, 6.45) is 0. The maximum atomic E-state index is 12.3. The van der Waals surface area contributed by atoms with Crippen molar-refractivity contribution in [3.63, 3.8) is 0 Å². The second-order valence-electron chi connectivity index (χ2n) is 6.31. The highest BCUT2D eigenvalue weighted by atomic mass is 32.2. The molecule has 0 saturated carbocycles. The molecule has 9 nitrogen and oxygen atoms in total. The summed E-state index contributed by atoms with van der Waals surface area (Å²) in [5, 5.41) is 5.13. The van der Waals surface area contributed by atoms with E-state index in [-0.39, 0.29) is 16.2 Å². The molecular formula is C20H24N2O7S. The number of hydrogen-bond acceptors (Lipinski definition) is 7. The van der Waals surface area contributed by atoms with E-state index >= 15 is 0 Å². The second-order valence-corrected chi connectivity index (χ2v) is 7.84.